The van der Waals surface area contributed by atoms with Crippen LogP contribution in [-0.4, -0.2) is 7.05 Å². The summed E-state index contributed by atoms with van der Waals surface area (Å²) >= 11 is 0. The molecule has 0 saturated heterocycles. The first-order chi connectivity index (χ1) is 22.6. The minimum atomic E-state index is -0.0385. The highest BCUT2D eigenvalue weighted by Crippen LogP contribution is 2.53. The molecule has 46 heavy (non-hydrogen) atoms. The molecule has 0 heterocycles. The number of hydrogen-bond acceptors (Lipinski definition) is 2. The Hall–Kier alpha value is -3.71. The minimum absolute atomic E-state index is 0.0385. The molecule has 2 nitrogen and oxygen atoms in total. The minimum Gasteiger partial charge on any atom is -0.488 e. The number of rotatable bonds is 17. The van der Waals surface area contributed by atoms with E-state index < -0.39 is 0 Å². The second-order valence-electron chi connectivity index (χ2n) is 12.4. The summed E-state index contributed by atoms with van der Waals surface area (Å²) in [5.41, 5.74) is 9.28. The fourth-order valence-corrected chi connectivity index (χ4v) is 8.36. The van der Waals surface area contributed by atoms with Crippen LogP contribution in [0.3, 0.4) is 0 Å². The predicted molar refractivity (Wildman–Crippen MR) is 199 cm³/mol. The van der Waals surface area contributed by atoms with Gasteiger partial charge in [-0.2, -0.15) is 0 Å². The molecule has 5 aromatic carbocycles. The summed E-state index contributed by atoms with van der Waals surface area (Å²) in [7, 11) is 2.69. The van der Waals surface area contributed by atoms with Crippen molar-refractivity contribution < 1.29 is 4.74 Å². The lowest BCUT2D eigenvalue weighted by Gasteiger charge is -2.37. The number of nitrogens with one attached hydrogen (secondary N) is 1. The average molecular weight is 628 g/mol. The summed E-state index contributed by atoms with van der Waals surface area (Å²) < 4.78 is 7.05. The molecule has 1 N–H and O–H groups in total. The van der Waals surface area contributed by atoms with Crippen LogP contribution in [0.1, 0.15) is 84.9 Å². The molecule has 0 bridgehead atoms. The van der Waals surface area contributed by atoms with Gasteiger partial charge in [-0.25, -0.2) is 0 Å². The molecule has 0 spiro atoms. The molecule has 2 atom stereocenters. The van der Waals surface area contributed by atoms with Crippen molar-refractivity contribution in [1.82, 2.24) is 5.32 Å². The second kappa shape index (κ2) is 17.3. The second-order valence-corrected chi connectivity index (χ2v) is 14.2. The SMILES string of the molecule is CCCCCC(CC)(Pc1ccccc1CNC)c1cc(Cc2ccccc2)cc(Cc2ccccc2)c1OCc1ccccc1. The van der Waals surface area contributed by atoms with E-state index in [0.717, 1.165) is 38.0 Å². The monoisotopic (exact) mass is 627 g/mol. The Morgan fingerprint density at radius 2 is 1.24 bits per heavy atom. The normalized spacial score (nSPS) is 12.8. The predicted octanol–water partition coefficient (Wildman–Crippen LogP) is 10.4. The van der Waals surface area contributed by atoms with Gasteiger partial charge in [0.1, 0.15) is 12.4 Å². The van der Waals surface area contributed by atoms with Crippen molar-refractivity contribution >= 4 is 13.9 Å². The van der Waals surface area contributed by atoms with Gasteiger partial charge in [-0.1, -0.05) is 169 Å². The standard InChI is InChI=1S/C43H50NOP/c1-4-6-18-27-43(5-2,46-41-26-17-16-25-38(41)32-44-3)40-31-37(28-34-19-10-7-11-20-34)30-39(29-35-21-12-8-13-22-35)42(40)45-33-36-23-14-9-15-24-36/h7-17,19-26,30-31,44,46H,4-6,18,27-29,32-33H2,1-3H3. The fourth-order valence-electron chi connectivity index (χ4n) is 6.53. The third kappa shape index (κ3) is 8.97. The van der Waals surface area contributed by atoms with Crippen molar-refractivity contribution in [3.05, 3.63) is 166 Å². The van der Waals surface area contributed by atoms with Gasteiger partial charge in [0.15, 0.2) is 0 Å². The van der Waals surface area contributed by atoms with E-state index in [1.54, 1.807) is 0 Å². The maximum Gasteiger partial charge on any atom is 0.127 e. The van der Waals surface area contributed by atoms with E-state index in [0.29, 0.717) is 15.2 Å². The van der Waals surface area contributed by atoms with Crippen LogP contribution in [0, 0.1) is 0 Å². The summed E-state index contributed by atoms with van der Waals surface area (Å²) in [5.74, 6) is 1.08. The number of ether oxygens (including phenoxy) is 1. The van der Waals surface area contributed by atoms with Crippen molar-refractivity contribution in [1.29, 1.82) is 0 Å². The van der Waals surface area contributed by atoms with Crippen LogP contribution in [-0.2, 0) is 31.1 Å². The van der Waals surface area contributed by atoms with Gasteiger partial charge in [0.25, 0.3) is 0 Å². The third-order valence-corrected chi connectivity index (χ3v) is 11.1. The Morgan fingerprint density at radius 3 is 1.87 bits per heavy atom. The van der Waals surface area contributed by atoms with E-state index in [2.05, 4.69) is 147 Å². The van der Waals surface area contributed by atoms with Crippen molar-refractivity contribution in [2.75, 3.05) is 7.05 Å². The summed E-state index contributed by atoms with van der Waals surface area (Å²) in [4.78, 5) is 0. The van der Waals surface area contributed by atoms with Crippen LogP contribution in [0.15, 0.2) is 127 Å². The molecule has 0 aromatic heterocycles. The number of benzene rings is 5. The van der Waals surface area contributed by atoms with Crippen LogP contribution in [0.5, 0.6) is 5.75 Å². The maximum atomic E-state index is 7.05. The molecule has 2 unspecified atom stereocenters. The Bertz CT molecular complexity index is 1620. The smallest absolute Gasteiger partial charge is 0.127 e. The van der Waals surface area contributed by atoms with Crippen molar-refractivity contribution in [2.45, 2.75) is 77.1 Å². The maximum absolute atomic E-state index is 7.05. The van der Waals surface area contributed by atoms with E-state index in [1.165, 1.54) is 63.5 Å². The Balaban J connectivity index is 1.71. The molecule has 0 radical (unpaired) electrons. The Morgan fingerprint density at radius 1 is 0.630 bits per heavy atom. The van der Waals surface area contributed by atoms with Crippen LogP contribution >= 0.6 is 8.58 Å². The Kier molecular flexibility index (Phi) is 12.6. The molecule has 0 aliphatic carbocycles. The molecule has 3 heteroatoms. The fraction of sp³-hybridized carbons (Fsp3) is 0.302. The van der Waals surface area contributed by atoms with Gasteiger partial charge in [-0.05, 0) is 65.0 Å². The van der Waals surface area contributed by atoms with Gasteiger partial charge < -0.3 is 10.1 Å². The summed E-state index contributed by atoms with van der Waals surface area (Å²) in [5, 5.41) is 4.84. The topological polar surface area (TPSA) is 21.3 Å². The van der Waals surface area contributed by atoms with Gasteiger partial charge >= 0.3 is 0 Å². The molecule has 0 amide bonds. The molecule has 5 aromatic rings. The zero-order valence-electron chi connectivity index (χ0n) is 27.9. The molecule has 0 aliphatic rings. The zero-order valence-corrected chi connectivity index (χ0v) is 28.9. The van der Waals surface area contributed by atoms with Crippen LogP contribution in [0.4, 0.5) is 0 Å². The van der Waals surface area contributed by atoms with Gasteiger partial charge in [0.2, 0.25) is 0 Å². The van der Waals surface area contributed by atoms with E-state index in [4.69, 9.17) is 4.74 Å². The van der Waals surface area contributed by atoms with Crippen molar-refractivity contribution in [3.63, 3.8) is 0 Å². The van der Waals surface area contributed by atoms with Gasteiger partial charge in [-0.15, -0.1) is 0 Å². The molecular formula is C43H50NOP. The lowest BCUT2D eigenvalue weighted by molar-refractivity contribution is 0.294. The summed E-state index contributed by atoms with van der Waals surface area (Å²) in [6.45, 7) is 6.15. The highest BCUT2D eigenvalue weighted by Gasteiger charge is 2.35. The molecule has 238 valence electrons. The lowest BCUT2D eigenvalue weighted by Crippen LogP contribution is -2.26. The lowest BCUT2D eigenvalue weighted by atomic mass is 9.84. The van der Waals surface area contributed by atoms with Gasteiger partial charge in [0.05, 0.1) is 0 Å². The van der Waals surface area contributed by atoms with E-state index in [-0.39, 0.29) is 5.16 Å². The van der Waals surface area contributed by atoms with Crippen LogP contribution in [0.2, 0.25) is 0 Å². The first-order valence-corrected chi connectivity index (χ1v) is 18.1. The van der Waals surface area contributed by atoms with Gasteiger partial charge in [-0.3, -0.25) is 0 Å². The van der Waals surface area contributed by atoms with Gasteiger partial charge in [0, 0.05) is 23.7 Å². The van der Waals surface area contributed by atoms with Crippen molar-refractivity contribution in [3.8, 4) is 5.75 Å². The first-order valence-electron chi connectivity index (χ1n) is 17.1. The van der Waals surface area contributed by atoms with Crippen molar-refractivity contribution in [2.24, 2.45) is 0 Å². The van der Waals surface area contributed by atoms with E-state index in [1.807, 2.05) is 7.05 Å². The van der Waals surface area contributed by atoms with E-state index >= 15 is 0 Å². The molecule has 0 saturated carbocycles. The Labute approximate surface area is 279 Å². The van der Waals surface area contributed by atoms with Crippen LogP contribution < -0.4 is 15.4 Å². The summed E-state index contributed by atoms with van der Waals surface area (Å²) in [6.07, 6.45) is 7.61. The molecule has 5 rings (SSSR count). The highest BCUT2D eigenvalue weighted by atomic mass is 31.1. The molecule has 0 fully saturated rings. The quantitative estimate of drug-likeness (QED) is 0.0818. The number of hydrogen-bond donors (Lipinski definition) is 1. The summed E-state index contributed by atoms with van der Waals surface area (Å²) in [6, 6.07) is 46.4. The first kappa shape index (κ1) is 33.6. The largest absolute Gasteiger partial charge is 0.488 e. The average Bonchev–Trinajstić information content (AvgIpc) is 3.09. The molecule has 0 aliphatic heterocycles. The molecular weight excluding hydrogens is 577 g/mol. The third-order valence-electron chi connectivity index (χ3n) is 9.02. The van der Waals surface area contributed by atoms with E-state index in [9.17, 15) is 0 Å². The zero-order chi connectivity index (χ0) is 32.0. The number of unbranched alkanes of at least 4 members (excludes halogenated alkanes) is 2. The van der Waals surface area contributed by atoms with Crippen LogP contribution in [0.25, 0.3) is 0 Å². The highest BCUT2D eigenvalue weighted by molar-refractivity contribution is 7.48.